The van der Waals surface area contributed by atoms with E-state index in [-0.39, 0.29) is 6.10 Å². The summed E-state index contributed by atoms with van der Waals surface area (Å²) in [5.74, 6) is 1.58. The molecule has 1 fully saturated rings. The Kier molecular flexibility index (Phi) is 5.30. The third kappa shape index (κ3) is 4.31. The summed E-state index contributed by atoms with van der Waals surface area (Å²) in [4.78, 5) is 6.65. The number of halogens is 1. The lowest BCUT2D eigenvalue weighted by Gasteiger charge is -2.22. The molecule has 0 spiro atoms. The van der Waals surface area contributed by atoms with Crippen LogP contribution >= 0.6 is 11.6 Å². The van der Waals surface area contributed by atoms with E-state index in [4.69, 9.17) is 16.1 Å². The van der Waals surface area contributed by atoms with Gasteiger partial charge in [0, 0.05) is 30.1 Å². The van der Waals surface area contributed by atoms with Gasteiger partial charge in [-0.05, 0) is 37.9 Å². The highest BCUT2D eigenvalue weighted by atomic mass is 35.5. The average molecular weight is 336 g/mol. The Hall–Kier alpha value is -1.43. The SMILES string of the molecule is CN(CCc1nc(-c2cccc(Cl)c2)no1)CC1CCCC1O. The normalized spacial score (nSPS) is 21.2. The highest BCUT2D eigenvalue weighted by Gasteiger charge is 2.26. The highest BCUT2D eigenvalue weighted by Crippen LogP contribution is 2.26. The van der Waals surface area contributed by atoms with E-state index in [1.54, 1.807) is 0 Å². The lowest BCUT2D eigenvalue weighted by Crippen LogP contribution is -2.31. The van der Waals surface area contributed by atoms with Crippen molar-refractivity contribution in [3.8, 4) is 11.4 Å². The number of aliphatic hydroxyl groups excluding tert-OH is 1. The van der Waals surface area contributed by atoms with Crippen LogP contribution in [-0.4, -0.2) is 46.4 Å². The van der Waals surface area contributed by atoms with E-state index in [0.717, 1.165) is 37.9 Å². The van der Waals surface area contributed by atoms with Crippen LogP contribution in [0.1, 0.15) is 25.2 Å². The molecule has 0 saturated heterocycles. The van der Waals surface area contributed by atoms with E-state index in [1.807, 2.05) is 24.3 Å². The Balaban J connectivity index is 1.53. The Bertz CT molecular complexity index is 646. The van der Waals surface area contributed by atoms with Crippen LogP contribution < -0.4 is 0 Å². The summed E-state index contributed by atoms with van der Waals surface area (Å²) >= 11 is 5.98. The molecule has 3 rings (SSSR count). The summed E-state index contributed by atoms with van der Waals surface area (Å²) in [5, 5.41) is 14.6. The van der Waals surface area contributed by atoms with Gasteiger partial charge < -0.3 is 14.5 Å². The number of hydrogen-bond donors (Lipinski definition) is 1. The monoisotopic (exact) mass is 335 g/mol. The Morgan fingerprint density at radius 2 is 2.26 bits per heavy atom. The first-order chi connectivity index (χ1) is 11.1. The molecule has 2 atom stereocenters. The zero-order chi connectivity index (χ0) is 16.2. The Labute approximate surface area is 141 Å². The van der Waals surface area contributed by atoms with Gasteiger partial charge in [0.2, 0.25) is 11.7 Å². The second-order valence-corrected chi connectivity index (χ2v) is 6.73. The van der Waals surface area contributed by atoms with Gasteiger partial charge in [-0.3, -0.25) is 0 Å². The van der Waals surface area contributed by atoms with Gasteiger partial charge in [0.05, 0.1) is 6.10 Å². The van der Waals surface area contributed by atoms with Gasteiger partial charge in [-0.1, -0.05) is 35.3 Å². The minimum absolute atomic E-state index is 0.143. The molecule has 1 aliphatic rings. The molecule has 1 aromatic carbocycles. The van der Waals surface area contributed by atoms with Gasteiger partial charge in [0.15, 0.2) is 0 Å². The highest BCUT2D eigenvalue weighted by molar-refractivity contribution is 6.30. The summed E-state index contributed by atoms with van der Waals surface area (Å²) in [6, 6.07) is 7.42. The van der Waals surface area contributed by atoms with Crippen LogP contribution in [0.4, 0.5) is 0 Å². The van der Waals surface area contributed by atoms with Gasteiger partial charge in [0.25, 0.3) is 0 Å². The van der Waals surface area contributed by atoms with E-state index >= 15 is 0 Å². The number of hydrogen-bond acceptors (Lipinski definition) is 5. The number of rotatable bonds is 6. The van der Waals surface area contributed by atoms with Crippen molar-refractivity contribution < 1.29 is 9.63 Å². The molecule has 1 N–H and O–H groups in total. The van der Waals surface area contributed by atoms with Gasteiger partial charge in [-0.25, -0.2) is 0 Å². The van der Waals surface area contributed by atoms with Gasteiger partial charge in [-0.15, -0.1) is 0 Å². The summed E-state index contributed by atoms with van der Waals surface area (Å²) in [6.07, 6.45) is 3.74. The zero-order valence-electron chi connectivity index (χ0n) is 13.3. The van der Waals surface area contributed by atoms with Crippen LogP contribution in [0, 0.1) is 5.92 Å². The second-order valence-electron chi connectivity index (χ2n) is 6.29. The van der Waals surface area contributed by atoms with E-state index in [2.05, 4.69) is 22.1 Å². The number of aliphatic hydroxyl groups is 1. The molecule has 5 nitrogen and oxygen atoms in total. The van der Waals surface area contributed by atoms with Crippen LogP contribution in [0.15, 0.2) is 28.8 Å². The van der Waals surface area contributed by atoms with Crippen LogP contribution in [0.25, 0.3) is 11.4 Å². The molecule has 0 aliphatic heterocycles. The fourth-order valence-corrected chi connectivity index (χ4v) is 3.30. The molecular formula is C17H22ClN3O2. The molecule has 0 amide bonds. The molecular weight excluding hydrogens is 314 g/mol. The molecule has 1 aromatic heterocycles. The van der Waals surface area contributed by atoms with Crippen molar-refractivity contribution >= 4 is 11.6 Å². The lowest BCUT2D eigenvalue weighted by molar-refractivity contribution is 0.109. The number of benzene rings is 1. The molecule has 2 unspecified atom stereocenters. The molecule has 6 heteroatoms. The minimum Gasteiger partial charge on any atom is -0.393 e. The van der Waals surface area contributed by atoms with Gasteiger partial charge in [0.1, 0.15) is 0 Å². The summed E-state index contributed by atoms with van der Waals surface area (Å²) < 4.78 is 5.32. The maximum atomic E-state index is 9.90. The fourth-order valence-electron chi connectivity index (χ4n) is 3.11. The second kappa shape index (κ2) is 7.43. The van der Waals surface area contributed by atoms with Crippen molar-refractivity contribution in [2.75, 3.05) is 20.1 Å². The number of nitrogens with zero attached hydrogens (tertiary/aromatic N) is 3. The topological polar surface area (TPSA) is 62.4 Å². The number of aromatic nitrogens is 2. The fraction of sp³-hybridized carbons (Fsp3) is 0.529. The molecule has 1 aliphatic carbocycles. The van der Waals surface area contributed by atoms with Crippen molar-refractivity contribution in [1.29, 1.82) is 0 Å². The van der Waals surface area contributed by atoms with E-state index in [9.17, 15) is 5.11 Å². The van der Waals surface area contributed by atoms with Gasteiger partial charge >= 0.3 is 0 Å². The average Bonchev–Trinajstić information content (AvgIpc) is 3.15. The summed E-state index contributed by atoms with van der Waals surface area (Å²) in [5.41, 5.74) is 0.856. The molecule has 1 saturated carbocycles. The van der Waals surface area contributed by atoms with Gasteiger partial charge in [-0.2, -0.15) is 4.98 Å². The van der Waals surface area contributed by atoms with Crippen LogP contribution in [-0.2, 0) is 6.42 Å². The van der Waals surface area contributed by atoms with Crippen molar-refractivity contribution in [2.24, 2.45) is 5.92 Å². The van der Waals surface area contributed by atoms with Crippen LogP contribution in [0.3, 0.4) is 0 Å². The number of likely N-dealkylation sites (N-methyl/N-ethyl adjacent to an activating group) is 1. The van der Waals surface area contributed by atoms with Crippen molar-refractivity contribution in [2.45, 2.75) is 31.8 Å². The first-order valence-electron chi connectivity index (χ1n) is 8.07. The quantitative estimate of drug-likeness (QED) is 0.879. The summed E-state index contributed by atoms with van der Waals surface area (Å²) in [6.45, 7) is 1.75. The largest absolute Gasteiger partial charge is 0.393 e. The van der Waals surface area contributed by atoms with E-state index in [1.165, 1.54) is 0 Å². The van der Waals surface area contributed by atoms with E-state index < -0.39 is 0 Å². The molecule has 1 heterocycles. The third-order valence-electron chi connectivity index (χ3n) is 4.42. The van der Waals surface area contributed by atoms with Crippen molar-refractivity contribution in [3.05, 3.63) is 35.2 Å². The molecule has 0 bridgehead atoms. The standard InChI is InChI=1S/C17H22ClN3O2/c1-21(11-13-5-3-7-15(13)22)9-8-16-19-17(20-23-16)12-4-2-6-14(18)10-12/h2,4,6,10,13,15,22H,3,5,7-9,11H2,1H3. The Morgan fingerprint density at radius 1 is 1.39 bits per heavy atom. The maximum absolute atomic E-state index is 9.90. The molecule has 0 radical (unpaired) electrons. The predicted molar refractivity (Wildman–Crippen MR) is 89.3 cm³/mol. The van der Waals surface area contributed by atoms with Crippen LogP contribution in [0.2, 0.25) is 5.02 Å². The van der Waals surface area contributed by atoms with E-state index in [0.29, 0.717) is 29.1 Å². The molecule has 124 valence electrons. The Morgan fingerprint density at radius 3 is 3.00 bits per heavy atom. The zero-order valence-corrected chi connectivity index (χ0v) is 14.0. The predicted octanol–water partition coefficient (Wildman–Crippen LogP) is 3.03. The van der Waals surface area contributed by atoms with Crippen LogP contribution in [0.5, 0.6) is 0 Å². The first-order valence-corrected chi connectivity index (χ1v) is 8.45. The summed E-state index contributed by atoms with van der Waals surface area (Å²) in [7, 11) is 2.07. The van der Waals surface area contributed by atoms with Crippen molar-refractivity contribution in [3.63, 3.8) is 0 Å². The molecule has 2 aromatic rings. The first kappa shape index (κ1) is 16.4. The maximum Gasteiger partial charge on any atom is 0.228 e. The smallest absolute Gasteiger partial charge is 0.228 e. The lowest BCUT2D eigenvalue weighted by atomic mass is 10.1. The minimum atomic E-state index is -0.143. The van der Waals surface area contributed by atoms with Crippen molar-refractivity contribution in [1.82, 2.24) is 15.0 Å². The molecule has 23 heavy (non-hydrogen) atoms. The third-order valence-corrected chi connectivity index (χ3v) is 4.66.